The van der Waals surface area contributed by atoms with Crippen LogP contribution in [0.25, 0.3) is 11.0 Å². The number of piperidine rings is 1. The molecule has 1 aliphatic heterocycles. The molecule has 25 heavy (non-hydrogen) atoms. The number of aryl methyl sites for hydroxylation is 1. The fourth-order valence-electron chi connectivity index (χ4n) is 3.58. The normalized spacial score (nSPS) is 17.8. The summed E-state index contributed by atoms with van der Waals surface area (Å²) in [4.78, 5) is 14.9. The molecule has 6 nitrogen and oxygen atoms in total. The van der Waals surface area contributed by atoms with E-state index in [1.807, 2.05) is 47.0 Å². The van der Waals surface area contributed by atoms with Crippen molar-refractivity contribution in [2.75, 3.05) is 20.2 Å². The Morgan fingerprint density at radius 2 is 2.24 bits per heavy atom. The molecule has 1 aliphatic rings. The lowest BCUT2D eigenvalue weighted by Gasteiger charge is -2.32. The van der Waals surface area contributed by atoms with Crippen molar-refractivity contribution in [1.82, 2.24) is 14.7 Å². The predicted octanol–water partition coefficient (Wildman–Crippen LogP) is 3.42. The number of fused-ring (bicyclic) bond motifs is 1. The van der Waals surface area contributed by atoms with Gasteiger partial charge < -0.3 is 14.1 Å². The van der Waals surface area contributed by atoms with Crippen LogP contribution in [0, 0.1) is 6.92 Å². The van der Waals surface area contributed by atoms with Gasteiger partial charge in [0.15, 0.2) is 17.1 Å². The first-order valence-electron chi connectivity index (χ1n) is 8.53. The van der Waals surface area contributed by atoms with Gasteiger partial charge in [-0.15, -0.1) is 0 Å². The molecule has 1 amide bonds. The molecule has 1 fully saturated rings. The topological polar surface area (TPSA) is 60.5 Å². The van der Waals surface area contributed by atoms with Crippen LogP contribution in [-0.4, -0.2) is 40.8 Å². The quantitative estimate of drug-likeness (QED) is 0.733. The Bertz CT molecular complexity index is 898. The first-order valence-corrected chi connectivity index (χ1v) is 8.53. The number of rotatable bonds is 3. The fourth-order valence-corrected chi connectivity index (χ4v) is 3.58. The maximum Gasteiger partial charge on any atom is 0.289 e. The molecule has 0 bridgehead atoms. The second-order valence-electron chi connectivity index (χ2n) is 6.43. The van der Waals surface area contributed by atoms with Crippen molar-refractivity contribution >= 4 is 16.9 Å². The number of ether oxygens (including phenoxy) is 1. The van der Waals surface area contributed by atoms with E-state index in [0.29, 0.717) is 23.6 Å². The summed E-state index contributed by atoms with van der Waals surface area (Å²) in [5, 5.41) is 5.24. The minimum Gasteiger partial charge on any atom is -0.493 e. The number of likely N-dealkylation sites (tertiary alicyclic amines) is 1. The molecule has 0 radical (unpaired) electrons. The van der Waals surface area contributed by atoms with Gasteiger partial charge >= 0.3 is 0 Å². The largest absolute Gasteiger partial charge is 0.493 e. The zero-order valence-electron chi connectivity index (χ0n) is 14.4. The van der Waals surface area contributed by atoms with Crippen LogP contribution in [0.1, 0.15) is 35.0 Å². The Labute approximate surface area is 146 Å². The van der Waals surface area contributed by atoms with Crippen molar-refractivity contribution in [2.45, 2.75) is 25.8 Å². The Morgan fingerprint density at radius 3 is 3.00 bits per heavy atom. The van der Waals surface area contributed by atoms with Gasteiger partial charge in [-0.25, -0.2) is 0 Å². The van der Waals surface area contributed by atoms with E-state index in [9.17, 15) is 4.79 Å². The number of hydrogen-bond acceptors (Lipinski definition) is 4. The number of nitrogens with zero attached hydrogens (tertiary/aromatic N) is 3. The van der Waals surface area contributed by atoms with Gasteiger partial charge in [0.25, 0.3) is 5.91 Å². The van der Waals surface area contributed by atoms with Crippen LogP contribution in [0.4, 0.5) is 0 Å². The first-order chi connectivity index (χ1) is 12.2. The van der Waals surface area contributed by atoms with Crippen molar-refractivity contribution in [1.29, 1.82) is 0 Å². The van der Waals surface area contributed by atoms with Gasteiger partial charge in [-0.05, 0) is 31.9 Å². The van der Waals surface area contributed by atoms with Crippen molar-refractivity contribution in [3.05, 3.63) is 48.0 Å². The SMILES string of the molecule is COc1cccc2c(C)c(C(=O)N3CCCC(n4cccn4)C3)oc12. The van der Waals surface area contributed by atoms with E-state index < -0.39 is 0 Å². The third kappa shape index (κ3) is 2.67. The number of amides is 1. The zero-order valence-corrected chi connectivity index (χ0v) is 14.4. The Hall–Kier alpha value is -2.76. The Kier molecular flexibility index (Phi) is 3.95. The summed E-state index contributed by atoms with van der Waals surface area (Å²) in [6.45, 7) is 3.31. The molecule has 3 heterocycles. The van der Waals surface area contributed by atoms with Crippen LogP contribution in [-0.2, 0) is 0 Å². The van der Waals surface area contributed by atoms with Crippen LogP contribution < -0.4 is 4.74 Å². The number of benzene rings is 1. The average Bonchev–Trinajstić information content (AvgIpc) is 3.30. The van der Waals surface area contributed by atoms with Gasteiger partial charge in [0.1, 0.15) is 0 Å². The summed E-state index contributed by atoms with van der Waals surface area (Å²) >= 11 is 0. The van der Waals surface area contributed by atoms with Gasteiger partial charge in [-0.3, -0.25) is 9.48 Å². The van der Waals surface area contributed by atoms with E-state index in [1.54, 1.807) is 13.3 Å². The minimum atomic E-state index is -0.0624. The van der Waals surface area contributed by atoms with Crippen molar-refractivity contribution in [3.8, 4) is 5.75 Å². The highest BCUT2D eigenvalue weighted by atomic mass is 16.5. The summed E-state index contributed by atoms with van der Waals surface area (Å²) in [6, 6.07) is 7.83. The Morgan fingerprint density at radius 1 is 1.36 bits per heavy atom. The summed E-state index contributed by atoms with van der Waals surface area (Å²) in [7, 11) is 1.60. The molecule has 3 aromatic rings. The van der Waals surface area contributed by atoms with Crippen LogP contribution in [0.15, 0.2) is 41.1 Å². The number of carbonyl (C=O) groups excluding carboxylic acids is 1. The highest BCUT2D eigenvalue weighted by molar-refractivity contribution is 6.00. The summed E-state index contributed by atoms with van der Waals surface area (Å²) in [6.07, 6.45) is 5.71. The van der Waals surface area contributed by atoms with Crippen LogP contribution in [0.5, 0.6) is 5.75 Å². The molecular formula is C19H21N3O3. The Balaban J connectivity index is 1.64. The monoisotopic (exact) mass is 339 g/mol. The fraction of sp³-hybridized carbons (Fsp3) is 0.368. The standard InChI is InChI=1S/C19H21N3O3/c1-13-15-7-3-8-16(24-2)18(15)25-17(13)19(23)21-10-4-6-14(12-21)22-11-5-9-20-22/h3,5,7-9,11,14H,4,6,10,12H2,1-2H3. The molecule has 1 unspecified atom stereocenters. The van der Waals surface area contributed by atoms with E-state index in [0.717, 1.165) is 30.3 Å². The van der Waals surface area contributed by atoms with E-state index in [2.05, 4.69) is 5.10 Å². The third-order valence-corrected chi connectivity index (χ3v) is 4.92. The number of aromatic nitrogens is 2. The maximum absolute atomic E-state index is 13.1. The predicted molar refractivity (Wildman–Crippen MR) is 93.9 cm³/mol. The lowest BCUT2D eigenvalue weighted by Crippen LogP contribution is -2.40. The number of carbonyl (C=O) groups is 1. The summed E-state index contributed by atoms with van der Waals surface area (Å²) < 4.78 is 13.2. The maximum atomic E-state index is 13.1. The van der Waals surface area contributed by atoms with Gasteiger partial charge in [0.05, 0.1) is 13.2 Å². The van der Waals surface area contributed by atoms with E-state index in [4.69, 9.17) is 9.15 Å². The molecular weight excluding hydrogens is 318 g/mol. The number of furan rings is 1. The summed E-state index contributed by atoms with van der Waals surface area (Å²) in [5.41, 5.74) is 1.49. The van der Waals surface area contributed by atoms with Crippen molar-refractivity contribution in [3.63, 3.8) is 0 Å². The van der Waals surface area contributed by atoms with E-state index >= 15 is 0 Å². The van der Waals surface area contributed by atoms with Gasteiger partial charge in [-0.2, -0.15) is 5.10 Å². The van der Waals surface area contributed by atoms with Gasteiger partial charge in [0.2, 0.25) is 0 Å². The molecule has 1 saturated heterocycles. The van der Waals surface area contributed by atoms with Crippen molar-refractivity contribution < 1.29 is 13.9 Å². The first kappa shape index (κ1) is 15.7. The zero-order chi connectivity index (χ0) is 17.4. The molecule has 0 N–H and O–H groups in total. The highest BCUT2D eigenvalue weighted by Gasteiger charge is 2.29. The molecule has 0 aliphatic carbocycles. The molecule has 1 atom stereocenters. The number of para-hydroxylation sites is 1. The molecule has 1 aromatic carbocycles. The third-order valence-electron chi connectivity index (χ3n) is 4.92. The average molecular weight is 339 g/mol. The van der Waals surface area contributed by atoms with Crippen molar-refractivity contribution in [2.24, 2.45) is 0 Å². The lowest BCUT2D eigenvalue weighted by molar-refractivity contribution is 0.0642. The van der Waals surface area contributed by atoms with Crippen LogP contribution >= 0.6 is 0 Å². The highest BCUT2D eigenvalue weighted by Crippen LogP contribution is 2.33. The molecule has 6 heteroatoms. The molecule has 130 valence electrons. The smallest absolute Gasteiger partial charge is 0.289 e. The number of hydrogen-bond donors (Lipinski definition) is 0. The van der Waals surface area contributed by atoms with Crippen LogP contribution in [0.3, 0.4) is 0 Å². The molecule has 2 aromatic heterocycles. The van der Waals surface area contributed by atoms with E-state index in [1.165, 1.54) is 0 Å². The van der Waals surface area contributed by atoms with Gasteiger partial charge in [0, 0.05) is 36.4 Å². The van der Waals surface area contributed by atoms with E-state index in [-0.39, 0.29) is 11.9 Å². The van der Waals surface area contributed by atoms with Gasteiger partial charge in [-0.1, -0.05) is 12.1 Å². The number of methoxy groups -OCH3 is 1. The summed E-state index contributed by atoms with van der Waals surface area (Å²) in [5.74, 6) is 0.987. The lowest BCUT2D eigenvalue weighted by atomic mass is 10.0. The molecule has 4 rings (SSSR count). The second-order valence-corrected chi connectivity index (χ2v) is 6.43. The van der Waals surface area contributed by atoms with Crippen LogP contribution in [0.2, 0.25) is 0 Å². The second kappa shape index (κ2) is 6.27. The molecule has 0 spiro atoms. The minimum absolute atomic E-state index is 0.0624. The molecule has 0 saturated carbocycles.